The van der Waals surface area contributed by atoms with E-state index >= 15 is 0 Å². The average Bonchev–Trinajstić information content (AvgIpc) is 2.44. The van der Waals surface area contributed by atoms with Crippen molar-refractivity contribution in [2.75, 3.05) is 7.11 Å². The van der Waals surface area contributed by atoms with Gasteiger partial charge in [0, 0.05) is 12.6 Å². The zero-order chi connectivity index (χ0) is 15.7. The highest BCUT2D eigenvalue weighted by Crippen LogP contribution is 2.23. The van der Waals surface area contributed by atoms with E-state index in [-0.39, 0.29) is 17.4 Å². The van der Waals surface area contributed by atoms with Crippen molar-refractivity contribution in [2.24, 2.45) is 12.2 Å². The third-order valence-corrected chi connectivity index (χ3v) is 4.39. The molecule has 1 aromatic carbocycles. The van der Waals surface area contributed by atoms with Crippen LogP contribution in [0.1, 0.15) is 18.2 Å². The highest BCUT2D eigenvalue weighted by molar-refractivity contribution is 14.1. The smallest absolute Gasteiger partial charge is 0.203 e. The molecule has 1 heterocycles. The summed E-state index contributed by atoms with van der Waals surface area (Å²) in [5, 5.41) is 13.5. The van der Waals surface area contributed by atoms with Crippen molar-refractivity contribution in [3.8, 4) is 0 Å². The number of rotatable bonds is 3. The lowest BCUT2D eigenvalue weighted by atomic mass is 10.0. The average molecular weight is 404 g/mol. The second kappa shape index (κ2) is 6.10. The van der Waals surface area contributed by atoms with Gasteiger partial charge in [-0.2, -0.15) is 0 Å². The Morgan fingerprint density at radius 1 is 1.52 bits per heavy atom. The number of benzene rings is 1. The van der Waals surface area contributed by atoms with Gasteiger partial charge in [-0.1, -0.05) is 5.16 Å². The molecule has 0 aliphatic heterocycles. The number of oxime groups is 1. The van der Waals surface area contributed by atoms with Gasteiger partial charge in [0.1, 0.15) is 12.9 Å². The van der Waals surface area contributed by atoms with Crippen LogP contribution in [0, 0.1) is 9.39 Å². The summed E-state index contributed by atoms with van der Waals surface area (Å²) in [4.78, 5) is 17.1. The molecule has 0 saturated carbocycles. The normalized spacial score (nSPS) is 12.0. The van der Waals surface area contributed by atoms with Crippen molar-refractivity contribution in [3.63, 3.8) is 0 Å². The van der Waals surface area contributed by atoms with Crippen molar-refractivity contribution < 1.29 is 14.3 Å². The summed E-state index contributed by atoms with van der Waals surface area (Å²) in [6.07, 6.45) is 0. The number of fused-ring (bicyclic) bond motifs is 1. The second-order valence-corrected chi connectivity index (χ2v) is 5.59. The van der Waals surface area contributed by atoms with Gasteiger partial charge in [-0.25, -0.2) is 4.39 Å². The number of aromatic nitrogens is 1. The SMILES string of the molecule is CO/N=C(/C)c1cc(F)cc2c(=O)c(I)c(CO)n(C)c12. The number of aliphatic hydroxyl groups excluding tert-OH is 1. The van der Waals surface area contributed by atoms with E-state index in [9.17, 15) is 14.3 Å². The molecule has 0 unspecified atom stereocenters. The lowest BCUT2D eigenvalue weighted by Crippen LogP contribution is -2.19. The van der Waals surface area contributed by atoms with Crippen LogP contribution in [0.4, 0.5) is 4.39 Å². The Bertz CT molecular complexity index is 799. The molecule has 1 N–H and O–H groups in total. The van der Waals surface area contributed by atoms with Crippen molar-refractivity contribution in [2.45, 2.75) is 13.5 Å². The largest absolute Gasteiger partial charge is 0.399 e. The zero-order valence-electron chi connectivity index (χ0n) is 11.8. The van der Waals surface area contributed by atoms with Crippen LogP contribution in [0.3, 0.4) is 0 Å². The number of hydrogen-bond donors (Lipinski definition) is 1. The third kappa shape index (κ3) is 2.67. The molecule has 0 radical (unpaired) electrons. The van der Waals surface area contributed by atoms with Crippen molar-refractivity contribution >= 4 is 39.2 Å². The molecule has 0 atom stereocenters. The molecule has 0 aliphatic carbocycles. The Hall–Kier alpha value is -1.48. The molecular weight excluding hydrogens is 390 g/mol. The first kappa shape index (κ1) is 15.9. The topological polar surface area (TPSA) is 63.8 Å². The summed E-state index contributed by atoms with van der Waals surface area (Å²) in [6, 6.07) is 2.50. The predicted molar refractivity (Wildman–Crippen MR) is 87.0 cm³/mol. The van der Waals surface area contributed by atoms with Gasteiger partial charge >= 0.3 is 0 Å². The lowest BCUT2D eigenvalue weighted by molar-refractivity contribution is 0.213. The van der Waals surface area contributed by atoms with Crippen LogP contribution >= 0.6 is 22.6 Å². The molecule has 21 heavy (non-hydrogen) atoms. The Labute approximate surface area is 134 Å². The van der Waals surface area contributed by atoms with Gasteiger partial charge in [0.15, 0.2) is 0 Å². The number of nitrogens with zero attached hydrogens (tertiary/aromatic N) is 2. The fourth-order valence-corrected chi connectivity index (χ4v) is 3.13. The van der Waals surface area contributed by atoms with Gasteiger partial charge in [-0.3, -0.25) is 4.79 Å². The van der Waals surface area contributed by atoms with E-state index in [0.717, 1.165) is 0 Å². The molecule has 112 valence electrons. The molecule has 1 aromatic heterocycles. The lowest BCUT2D eigenvalue weighted by Gasteiger charge is -2.16. The molecule has 0 bridgehead atoms. The van der Waals surface area contributed by atoms with E-state index in [4.69, 9.17) is 4.84 Å². The Morgan fingerprint density at radius 2 is 2.19 bits per heavy atom. The predicted octanol–water partition coefficient (Wildman–Crippen LogP) is 2.14. The first-order valence-corrected chi connectivity index (χ1v) is 7.19. The molecule has 5 nitrogen and oxygen atoms in total. The van der Waals surface area contributed by atoms with E-state index < -0.39 is 5.82 Å². The number of aliphatic hydroxyl groups is 1. The van der Waals surface area contributed by atoms with Gasteiger partial charge in [0.05, 0.1) is 32.5 Å². The van der Waals surface area contributed by atoms with Gasteiger partial charge in [-0.15, -0.1) is 0 Å². The monoisotopic (exact) mass is 404 g/mol. The summed E-state index contributed by atoms with van der Waals surface area (Å²) in [5.41, 5.74) is 1.59. The molecule has 2 rings (SSSR count). The van der Waals surface area contributed by atoms with Crippen molar-refractivity contribution in [1.29, 1.82) is 0 Å². The van der Waals surface area contributed by atoms with Gasteiger partial charge in [0.25, 0.3) is 0 Å². The minimum atomic E-state index is -0.521. The van der Waals surface area contributed by atoms with Gasteiger partial charge in [0.2, 0.25) is 5.43 Å². The van der Waals surface area contributed by atoms with E-state index in [1.54, 1.807) is 18.5 Å². The first-order chi connectivity index (χ1) is 9.92. The van der Waals surface area contributed by atoms with Gasteiger partial charge in [-0.05, 0) is 41.6 Å². The fourth-order valence-electron chi connectivity index (χ4n) is 2.30. The van der Waals surface area contributed by atoms with Crippen LogP contribution in [0.5, 0.6) is 0 Å². The number of halogens is 2. The summed E-state index contributed by atoms with van der Waals surface area (Å²) < 4.78 is 15.9. The van der Waals surface area contributed by atoms with E-state index in [0.29, 0.717) is 26.1 Å². The van der Waals surface area contributed by atoms with Crippen LogP contribution in [-0.2, 0) is 18.5 Å². The number of pyridine rings is 1. The van der Waals surface area contributed by atoms with Crippen molar-refractivity contribution in [3.05, 3.63) is 43.0 Å². The summed E-state index contributed by atoms with van der Waals surface area (Å²) in [6.45, 7) is 1.38. The quantitative estimate of drug-likeness (QED) is 0.485. The van der Waals surface area contributed by atoms with Crippen LogP contribution in [0.15, 0.2) is 22.1 Å². The van der Waals surface area contributed by atoms with E-state index in [1.807, 2.05) is 22.6 Å². The minimum absolute atomic E-state index is 0.250. The Morgan fingerprint density at radius 3 is 2.76 bits per heavy atom. The van der Waals surface area contributed by atoms with E-state index in [2.05, 4.69) is 5.16 Å². The third-order valence-electron chi connectivity index (χ3n) is 3.28. The maximum Gasteiger partial charge on any atom is 0.203 e. The molecule has 2 aromatic rings. The molecule has 0 saturated heterocycles. The standard InChI is InChI=1S/C14H14FIN2O3/c1-7(17-21-3)9-4-8(15)5-10-13(9)18(2)11(6-19)12(16)14(10)20/h4-5,19H,6H2,1-3H3/b17-7-. The zero-order valence-corrected chi connectivity index (χ0v) is 13.9. The van der Waals surface area contributed by atoms with E-state index in [1.165, 1.54) is 19.2 Å². The highest BCUT2D eigenvalue weighted by Gasteiger charge is 2.18. The molecule has 7 heteroatoms. The van der Waals surface area contributed by atoms with Crippen LogP contribution in [0.25, 0.3) is 10.9 Å². The summed E-state index contributed by atoms with van der Waals surface area (Å²) in [7, 11) is 3.11. The van der Waals surface area contributed by atoms with Crippen LogP contribution < -0.4 is 5.43 Å². The first-order valence-electron chi connectivity index (χ1n) is 6.12. The maximum absolute atomic E-state index is 13.8. The molecule has 0 amide bonds. The van der Waals surface area contributed by atoms with Gasteiger partial charge < -0.3 is 14.5 Å². The maximum atomic E-state index is 13.8. The highest BCUT2D eigenvalue weighted by atomic mass is 127. The minimum Gasteiger partial charge on any atom is -0.399 e. The molecule has 0 aliphatic rings. The summed E-state index contributed by atoms with van der Waals surface area (Å²) >= 11 is 1.87. The second-order valence-electron chi connectivity index (χ2n) is 4.52. The Balaban J connectivity index is 3.04. The van der Waals surface area contributed by atoms with Crippen molar-refractivity contribution in [1.82, 2.24) is 4.57 Å². The summed E-state index contributed by atoms with van der Waals surface area (Å²) in [5.74, 6) is -0.521. The van der Waals surface area contributed by atoms with Crippen LogP contribution in [0.2, 0.25) is 0 Å². The Kier molecular flexibility index (Phi) is 4.62. The number of hydrogen-bond acceptors (Lipinski definition) is 4. The fraction of sp³-hybridized carbons (Fsp3) is 0.286. The molecule has 0 spiro atoms. The molecular formula is C14H14FIN2O3. The number of aryl methyl sites for hydroxylation is 1. The van der Waals surface area contributed by atoms with Crippen LogP contribution in [-0.4, -0.2) is 22.5 Å². The molecule has 0 fully saturated rings.